The Balaban J connectivity index is 0.000000245. The lowest BCUT2D eigenvalue weighted by Crippen LogP contribution is -2.34. The van der Waals surface area contributed by atoms with E-state index in [1.54, 1.807) is 6.08 Å². The van der Waals surface area contributed by atoms with Crippen LogP contribution in [0.15, 0.2) is 85.5 Å². The third kappa shape index (κ3) is 6.81. The molecule has 2 aromatic rings. The van der Waals surface area contributed by atoms with Gasteiger partial charge in [-0.05, 0) is 0 Å². The van der Waals surface area contributed by atoms with Crippen molar-refractivity contribution in [2.24, 2.45) is 5.73 Å². The number of nitrogens with zero attached hydrogens (tertiary/aromatic N) is 1. The van der Waals surface area contributed by atoms with Gasteiger partial charge >= 0.3 is 6.09 Å². The highest BCUT2D eigenvalue weighted by Gasteiger charge is 2.29. The molecule has 0 saturated heterocycles. The van der Waals surface area contributed by atoms with Crippen molar-refractivity contribution in [2.75, 3.05) is 6.54 Å². The van der Waals surface area contributed by atoms with Gasteiger partial charge in [0.15, 0.2) is 5.78 Å². The first kappa shape index (κ1) is 22.2. The van der Waals surface area contributed by atoms with Crippen molar-refractivity contribution in [3.8, 4) is 0 Å². The Morgan fingerprint density at radius 3 is 1.50 bits per heavy atom. The van der Waals surface area contributed by atoms with Gasteiger partial charge in [0.1, 0.15) is 0 Å². The molecule has 0 radical (unpaired) electrons. The van der Waals surface area contributed by atoms with Crippen molar-refractivity contribution in [3.63, 3.8) is 0 Å². The van der Waals surface area contributed by atoms with Crippen LogP contribution in [0.1, 0.15) is 15.9 Å². The second kappa shape index (κ2) is 11.7. The number of carboxylic acid groups (broad SMARTS) is 1. The molecule has 3 amide bonds. The van der Waals surface area contributed by atoms with E-state index in [0.717, 1.165) is 23.3 Å². The molecule has 0 unspecified atom stereocenters. The maximum atomic E-state index is 11.8. The van der Waals surface area contributed by atoms with Gasteiger partial charge in [-0.1, -0.05) is 66.7 Å². The average molecular weight is 380 g/mol. The highest BCUT2D eigenvalue weighted by atomic mass is 16.4. The van der Waals surface area contributed by atoms with Crippen LogP contribution >= 0.6 is 0 Å². The molecule has 3 rings (SSSR count). The number of rotatable bonds is 3. The summed E-state index contributed by atoms with van der Waals surface area (Å²) in [5, 5.41) is 8.20. The number of benzene rings is 2. The number of amides is 3. The predicted molar refractivity (Wildman–Crippen MR) is 105 cm³/mol. The largest absolute Gasteiger partial charge is 0.464 e. The Morgan fingerprint density at radius 2 is 1.25 bits per heavy atom. The van der Waals surface area contributed by atoms with Gasteiger partial charge in [0.25, 0.3) is 11.8 Å². The van der Waals surface area contributed by atoms with E-state index in [4.69, 9.17) is 10.8 Å². The van der Waals surface area contributed by atoms with Crippen molar-refractivity contribution in [2.45, 2.75) is 0 Å². The molecule has 3 N–H and O–H groups in total. The molecule has 28 heavy (non-hydrogen) atoms. The standard InChI is InChI=1S/C13H10O.C5H3NO4.C3H7N/c14-13(11-7-3-1-4-8-11)12-9-5-2-6-10-12;7-3-1-2-4(8)6(3)5(9)10;1-2-3-4/h1-10H;1-2H,(H,9,10);2H,1,3-4H2. The third-order valence-corrected chi connectivity index (χ3v) is 3.24. The fraction of sp³-hybridized carbons (Fsp3) is 0.0476. The number of hydrogen-bond acceptors (Lipinski definition) is 5. The molecule has 0 atom stereocenters. The number of carbonyl (C=O) groups excluding carboxylic acids is 3. The monoisotopic (exact) mass is 380 g/mol. The number of nitrogens with two attached hydrogens (primary N) is 1. The Bertz CT molecular complexity index is 801. The number of carbonyl (C=O) groups is 4. The van der Waals surface area contributed by atoms with Gasteiger partial charge < -0.3 is 10.8 Å². The lowest BCUT2D eigenvalue weighted by atomic mass is 10.0. The average Bonchev–Trinajstić information content (AvgIpc) is 3.07. The maximum Gasteiger partial charge on any atom is 0.421 e. The molecular formula is C21H20N2O5. The first-order valence-electron chi connectivity index (χ1n) is 8.17. The van der Waals surface area contributed by atoms with Crippen LogP contribution in [0.2, 0.25) is 0 Å². The molecule has 0 aliphatic carbocycles. The lowest BCUT2D eigenvalue weighted by molar-refractivity contribution is -0.134. The maximum absolute atomic E-state index is 11.8. The summed E-state index contributed by atoms with van der Waals surface area (Å²) in [6.45, 7) is 3.94. The predicted octanol–water partition coefficient (Wildman–Crippen LogP) is 2.64. The summed E-state index contributed by atoms with van der Waals surface area (Å²) in [6, 6.07) is 18.6. The highest BCUT2D eigenvalue weighted by molar-refractivity contribution is 6.21. The van der Waals surface area contributed by atoms with Gasteiger partial charge in [0, 0.05) is 29.8 Å². The van der Waals surface area contributed by atoms with Crippen LogP contribution in [0, 0.1) is 0 Å². The van der Waals surface area contributed by atoms with Crippen molar-refractivity contribution < 1.29 is 24.3 Å². The van der Waals surface area contributed by atoms with Gasteiger partial charge in [-0.2, -0.15) is 4.90 Å². The summed E-state index contributed by atoms with van der Waals surface area (Å²) in [5.74, 6) is -1.54. The van der Waals surface area contributed by atoms with E-state index in [2.05, 4.69) is 6.58 Å². The van der Waals surface area contributed by atoms with E-state index in [0.29, 0.717) is 6.54 Å². The summed E-state index contributed by atoms with van der Waals surface area (Å²) in [7, 11) is 0. The van der Waals surface area contributed by atoms with Crippen LogP contribution in [0.3, 0.4) is 0 Å². The minimum atomic E-state index is -1.54. The van der Waals surface area contributed by atoms with Crippen molar-refractivity contribution in [1.82, 2.24) is 4.90 Å². The highest BCUT2D eigenvalue weighted by Crippen LogP contribution is 2.08. The van der Waals surface area contributed by atoms with Crippen LogP contribution in [0.25, 0.3) is 0 Å². The molecule has 1 aliphatic heterocycles. The zero-order chi connectivity index (χ0) is 20.9. The molecule has 7 nitrogen and oxygen atoms in total. The zero-order valence-electron chi connectivity index (χ0n) is 15.0. The second-order valence-corrected chi connectivity index (χ2v) is 5.21. The summed E-state index contributed by atoms with van der Waals surface area (Å²) in [5.41, 5.74) is 6.38. The van der Waals surface area contributed by atoms with E-state index >= 15 is 0 Å². The summed E-state index contributed by atoms with van der Waals surface area (Å²) < 4.78 is 0. The number of hydrogen-bond donors (Lipinski definition) is 2. The molecule has 0 spiro atoms. The number of ketones is 1. The summed E-state index contributed by atoms with van der Waals surface area (Å²) >= 11 is 0. The van der Waals surface area contributed by atoms with Crippen LogP contribution in [0.4, 0.5) is 4.79 Å². The second-order valence-electron chi connectivity index (χ2n) is 5.21. The lowest BCUT2D eigenvalue weighted by Gasteiger charge is -2.03. The normalized spacial score (nSPS) is 11.7. The molecule has 0 saturated carbocycles. The van der Waals surface area contributed by atoms with Crippen molar-refractivity contribution in [1.29, 1.82) is 0 Å². The smallest absolute Gasteiger partial charge is 0.421 e. The summed E-state index contributed by atoms with van der Waals surface area (Å²) in [6.07, 6.45) is 1.94. The third-order valence-electron chi connectivity index (χ3n) is 3.24. The first-order chi connectivity index (χ1) is 13.4. The van der Waals surface area contributed by atoms with E-state index in [1.807, 2.05) is 60.7 Å². The quantitative estimate of drug-likeness (QED) is 0.480. The topological polar surface area (TPSA) is 118 Å². The molecule has 1 heterocycles. The minimum Gasteiger partial charge on any atom is -0.464 e. The van der Waals surface area contributed by atoms with Crippen LogP contribution < -0.4 is 5.73 Å². The van der Waals surface area contributed by atoms with Crippen LogP contribution in [-0.2, 0) is 9.59 Å². The van der Waals surface area contributed by atoms with E-state index in [1.165, 1.54) is 0 Å². The van der Waals surface area contributed by atoms with Gasteiger partial charge in [0.2, 0.25) is 0 Å². The van der Waals surface area contributed by atoms with Crippen molar-refractivity contribution in [3.05, 3.63) is 96.6 Å². The Morgan fingerprint density at radius 1 is 0.893 bits per heavy atom. The van der Waals surface area contributed by atoms with E-state index in [9.17, 15) is 19.2 Å². The van der Waals surface area contributed by atoms with E-state index < -0.39 is 17.9 Å². The Labute approximate surface area is 162 Å². The molecule has 0 fully saturated rings. The fourth-order valence-corrected chi connectivity index (χ4v) is 1.93. The first-order valence-corrected chi connectivity index (χ1v) is 8.17. The Kier molecular flexibility index (Phi) is 9.29. The molecule has 0 aromatic heterocycles. The van der Waals surface area contributed by atoms with Crippen LogP contribution in [-0.4, -0.2) is 40.2 Å². The minimum absolute atomic E-state index is 0.0752. The SMILES string of the molecule is C=CCN.O=C(O)N1C(=O)C=CC1=O.O=C(c1ccccc1)c1ccccc1. The van der Waals surface area contributed by atoms with Gasteiger partial charge in [0.05, 0.1) is 0 Å². The van der Waals surface area contributed by atoms with Gasteiger partial charge in [-0.3, -0.25) is 14.4 Å². The molecule has 0 bridgehead atoms. The molecule has 144 valence electrons. The Hall–Kier alpha value is -3.84. The molecular weight excluding hydrogens is 360 g/mol. The molecule has 1 aliphatic rings. The molecule has 2 aromatic carbocycles. The zero-order valence-corrected chi connectivity index (χ0v) is 15.0. The fourth-order valence-electron chi connectivity index (χ4n) is 1.93. The van der Waals surface area contributed by atoms with Gasteiger partial charge in [-0.25, -0.2) is 4.79 Å². The van der Waals surface area contributed by atoms with Crippen LogP contribution in [0.5, 0.6) is 0 Å². The number of imide groups is 3. The molecule has 7 heteroatoms. The van der Waals surface area contributed by atoms with Gasteiger partial charge in [-0.15, -0.1) is 6.58 Å². The van der Waals surface area contributed by atoms with E-state index in [-0.39, 0.29) is 10.7 Å². The van der Waals surface area contributed by atoms with Crippen molar-refractivity contribution >= 4 is 23.7 Å². The summed E-state index contributed by atoms with van der Waals surface area (Å²) in [4.78, 5) is 43.0.